The van der Waals surface area contributed by atoms with E-state index in [0.29, 0.717) is 6.42 Å². The Morgan fingerprint density at radius 1 is 1.12 bits per heavy atom. The molecular weight excluding hydrogens is 300 g/mol. The Morgan fingerprint density at radius 3 is 2.54 bits per heavy atom. The highest BCUT2D eigenvalue weighted by Crippen LogP contribution is 2.23. The van der Waals surface area contributed by atoms with Gasteiger partial charge in [0.1, 0.15) is 0 Å². The lowest BCUT2D eigenvalue weighted by Gasteiger charge is -2.10. The number of pyridine rings is 1. The summed E-state index contributed by atoms with van der Waals surface area (Å²) in [6.07, 6.45) is 3.86. The molecule has 5 nitrogen and oxygen atoms in total. The average Bonchev–Trinajstić information content (AvgIpc) is 2.89. The first-order chi connectivity index (χ1) is 11.5. The summed E-state index contributed by atoms with van der Waals surface area (Å²) in [5, 5.41) is 7.14. The predicted octanol–water partition coefficient (Wildman–Crippen LogP) is 3.28. The number of rotatable bonds is 4. The number of carbonyl (C=O) groups excluding carboxylic acids is 1. The van der Waals surface area contributed by atoms with Gasteiger partial charge in [-0.2, -0.15) is 5.10 Å². The van der Waals surface area contributed by atoms with E-state index in [4.69, 9.17) is 0 Å². The Kier molecular flexibility index (Phi) is 4.42. The molecule has 0 fully saturated rings. The maximum Gasteiger partial charge on any atom is 0.228 e. The van der Waals surface area contributed by atoms with E-state index in [9.17, 15) is 4.79 Å². The number of aromatic nitrogens is 3. The van der Waals surface area contributed by atoms with Crippen LogP contribution in [0.1, 0.15) is 17.0 Å². The molecule has 5 heteroatoms. The van der Waals surface area contributed by atoms with Crippen LogP contribution in [0.3, 0.4) is 0 Å². The van der Waals surface area contributed by atoms with Crippen LogP contribution in [-0.4, -0.2) is 20.7 Å². The number of anilines is 1. The maximum absolute atomic E-state index is 12.4. The van der Waals surface area contributed by atoms with E-state index in [1.165, 1.54) is 0 Å². The molecule has 0 spiro atoms. The third-order valence-electron chi connectivity index (χ3n) is 4.16. The van der Waals surface area contributed by atoms with Crippen molar-refractivity contribution >= 4 is 11.6 Å². The molecule has 2 aromatic heterocycles. The number of carbonyl (C=O) groups is 1. The van der Waals surface area contributed by atoms with E-state index in [0.717, 1.165) is 33.8 Å². The van der Waals surface area contributed by atoms with Gasteiger partial charge in [0.25, 0.3) is 0 Å². The van der Waals surface area contributed by atoms with Gasteiger partial charge in [-0.05, 0) is 25.5 Å². The van der Waals surface area contributed by atoms with Gasteiger partial charge in [0, 0.05) is 30.1 Å². The molecule has 1 amide bonds. The third-order valence-corrected chi connectivity index (χ3v) is 4.16. The maximum atomic E-state index is 12.4. The van der Waals surface area contributed by atoms with Crippen molar-refractivity contribution in [3.63, 3.8) is 0 Å². The molecule has 0 aliphatic rings. The molecule has 24 heavy (non-hydrogen) atoms. The molecule has 0 aliphatic carbocycles. The van der Waals surface area contributed by atoms with Crippen LogP contribution >= 0.6 is 0 Å². The fraction of sp³-hybridized carbons (Fsp3) is 0.211. The van der Waals surface area contributed by atoms with Gasteiger partial charge in [-0.15, -0.1) is 0 Å². The van der Waals surface area contributed by atoms with E-state index >= 15 is 0 Å². The minimum absolute atomic E-state index is 0.0683. The van der Waals surface area contributed by atoms with E-state index in [1.807, 2.05) is 63.5 Å². The van der Waals surface area contributed by atoms with Crippen LogP contribution in [0.2, 0.25) is 0 Å². The van der Waals surface area contributed by atoms with Crippen molar-refractivity contribution in [1.29, 1.82) is 0 Å². The first kappa shape index (κ1) is 15.9. The predicted molar refractivity (Wildman–Crippen MR) is 94.7 cm³/mol. The molecule has 3 rings (SSSR count). The second-order valence-corrected chi connectivity index (χ2v) is 5.83. The number of hydrogen-bond acceptors (Lipinski definition) is 3. The fourth-order valence-corrected chi connectivity index (χ4v) is 2.53. The van der Waals surface area contributed by atoms with Crippen LogP contribution in [0.25, 0.3) is 11.1 Å². The van der Waals surface area contributed by atoms with E-state index in [1.54, 1.807) is 10.9 Å². The van der Waals surface area contributed by atoms with Crippen molar-refractivity contribution in [2.75, 3.05) is 5.32 Å². The van der Waals surface area contributed by atoms with Gasteiger partial charge in [-0.25, -0.2) is 0 Å². The fourth-order valence-electron chi connectivity index (χ4n) is 2.53. The quantitative estimate of drug-likeness (QED) is 0.802. The van der Waals surface area contributed by atoms with Gasteiger partial charge in [-0.3, -0.25) is 14.5 Å². The highest BCUT2D eigenvalue weighted by Gasteiger charge is 2.12. The summed E-state index contributed by atoms with van der Waals surface area (Å²) in [5.41, 5.74) is 5.52. The Hall–Kier alpha value is -2.95. The molecule has 0 bridgehead atoms. The minimum atomic E-state index is -0.0683. The summed E-state index contributed by atoms with van der Waals surface area (Å²) >= 11 is 0. The summed E-state index contributed by atoms with van der Waals surface area (Å²) in [4.78, 5) is 16.8. The van der Waals surface area contributed by atoms with Crippen molar-refractivity contribution in [3.05, 3.63) is 65.7 Å². The van der Waals surface area contributed by atoms with Gasteiger partial charge < -0.3 is 5.32 Å². The molecule has 3 aromatic rings. The van der Waals surface area contributed by atoms with Gasteiger partial charge in [0.05, 0.1) is 24.0 Å². The van der Waals surface area contributed by atoms with Crippen LogP contribution < -0.4 is 5.32 Å². The second-order valence-electron chi connectivity index (χ2n) is 5.83. The molecule has 2 heterocycles. The number of aryl methyl sites for hydroxylation is 2. The van der Waals surface area contributed by atoms with Crippen LogP contribution in [0, 0.1) is 13.8 Å². The number of hydrogen-bond donors (Lipinski definition) is 1. The highest BCUT2D eigenvalue weighted by atomic mass is 16.1. The average molecular weight is 320 g/mol. The molecule has 0 unspecified atom stereocenters. The van der Waals surface area contributed by atoms with E-state index in [2.05, 4.69) is 15.4 Å². The van der Waals surface area contributed by atoms with E-state index in [-0.39, 0.29) is 5.91 Å². The van der Waals surface area contributed by atoms with Crippen LogP contribution in [-0.2, 0) is 18.3 Å². The minimum Gasteiger partial charge on any atom is -0.324 e. The number of nitrogens with zero attached hydrogens (tertiary/aromatic N) is 3. The highest BCUT2D eigenvalue weighted by molar-refractivity contribution is 5.93. The number of amides is 1. The molecule has 0 radical (unpaired) electrons. The Balaban J connectivity index is 1.79. The normalized spacial score (nSPS) is 10.6. The first-order valence-electron chi connectivity index (χ1n) is 7.84. The number of benzene rings is 1. The Labute approximate surface area is 141 Å². The lowest BCUT2D eigenvalue weighted by atomic mass is 10.1. The van der Waals surface area contributed by atoms with Crippen molar-refractivity contribution in [2.24, 2.45) is 7.05 Å². The number of nitrogens with one attached hydrogen (secondary N) is 1. The lowest BCUT2D eigenvalue weighted by molar-refractivity contribution is -0.115. The van der Waals surface area contributed by atoms with Crippen molar-refractivity contribution in [1.82, 2.24) is 14.8 Å². The van der Waals surface area contributed by atoms with Crippen LogP contribution in [0.15, 0.2) is 48.8 Å². The zero-order valence-electron chi connectivity index (χ0n) is 14.1. The molecular formula is C19H20N4O. The van der Waals surface area contributed by atoms with Crippen LogP contribution in [0.4, 0.5) is 5.69 Å². The zero-order valence-corrected chi connectivity index (χ0v) is 14.1. The SMILES string of the molecule is Cc1ncc(-c2ccccc2)cc1NC(=O)Cc1cnn(C)c1C. The summed E-state index contributed by atoms with van der Waals surface area (Å²) in [6, 6.07) is 12.0. The van der Waals surface area contributed by atoms with Crippen molar-refractivity contribution in [2.45, 2.75) is 20.3 Å². The summed E-state index contributed by atoms with van der Waals surface area (Å²) in [6.45, 7) is 3.85. The summed E-state index contributed by atoms with van der Waals surface area (Å²) in [7, 11) is 1.87. The molecule has 0 atom stereocenters. The van der Waals surface area contributed by atoms with Gasteiger partial charge >= 0.3 is 0 Å². The standard InChI is InChI=1S/C19H20N4O/c1-13-18(9-17(11-20-13)15-7-5-4-6-8-15)22-19(24)10-16-12-21-23(3)14(16)2/h4-9,11-12H,10H2,1-3H3,(H,22,24). The Bertz CT molecular complexity index is 868. The largest absolute Gasteiger partial charge is 0.324 e. The molecule has 0 saturated heterocycles. The molecule has 1 N–H and O–H groups in total. The first-order valence-corrected chi connectivity index (χ1v) is 7.84. The lowest BCUT2D eigenvalue weighted by Crippen LogP contribution is -2.16. The van der Waals surface area contributed by atoms with Gasteiger partial charge in [0.15, 0.2) is 0 Å². The Morgan fingerprint density at radius 2 is 1.88 bits per heavy atom. The van der Waals surface area contributed by atoms with Gasteiger partial charge in [-0.1, -0.05) is 30.3 Å². The smallest absolute Gasteiger partial charge is 0.228 e. The summed E-state index contributed by atoms with van der Waals surface area (Å²) < 4.78 is 1.77. The van der Waals surface area contributed by atoms with Crippen molar-refractivity contribution < 1.29 is 4.79 Å². The summed E-state index contributed by atoms with van der Waals surface area (Å²) in [5.74, 6) is -0.0683. The van der Waals surface area contributed by atoms with Crippen LogP contribution in [0.5, 0.6) is 0 Å². The van der Waals surface area contributed by atoms with Crippen molar-refractivity contribution in [3.8, 4) is 11.1 Å². The van der Waals surface area contributed by atoms with E-state index < -0.39 is 0 Å². The molecule has 1 aromatic carbocycles. The zero-order chi connectivity index (χ0) is 17.1. The topological polar surface area (TPSA) is 59.8 Å². The monoisotopic (exact) mass is 320 g/mol. The molecule has 122 valence electrons. The second kappa shape index (κ2) is 6.66. The molecule has 0 saturated carbocycles. The third kappa shape index (κ3) is 3.35. The molecule has 0 aliphatic heterocycles. The van der Waals surface area contributed by atoms with Gasteiger partial charge in [0.2, 0.25) is 5.91 Å².